The van der Waals surface area contributed by atoms with E-state index in [4.69, 9.17) is 5.73 Å². The lowest BCUT2D eigenvalue weighted by Gasteiger charge is -2.17. The Bertz CT molecular complexity index is 283. The smallest absolute Gasteiger partial charge is 0.0368 e. The first-order valence-electron chi connectivity index (χ1n) is 4.50. The molecule has 0 aliphatic carbocycles. The van der Waals surface area contributed by atoms with Crippen molar-refractivity contribution in [3.63, 3.8) is 0 Å². The number of hydrogen-bond acceptors (Lipinski definition) is 2. The maximum absolute atomic E-state index is 5.62. The second-order valence-electron chi connectivity index (χ2n) is 3.42. The van der Waals surface area contributed by atoms with E-state index >= 15 is 0 Å². The fourth-order valence-electron chi connectivity index (χ4n) is 1.64. The Kier molecular flexibility index (Phi) is 2.44. The van der Waals surface area contributed by atoms with Crippen molar-refractivity contribution in [2.45, 2.75) is 11.2 Å². The Morgan fingerprint density at radius 1 is 1.31 bits per heavy atom. The van der Waals surface area contributed by atoms with E-state index < -0.39 is 0 Å². The molecule has 0 saturated carbocycles. The number of hydrogen-bond donors (Lipinski definition) is 1. The minimum Gasteiger partial charge on any atom is -0.399 e. The Morgan fingerprint density at radius 3 is 2.54 bits per heavy atom. The first-order valence-corrected chi connectivity index (χ1v) is 5.42. The molecule has 1 fully saturated rings. The number of halogens is 1. The van der Waals surface area contributed by atoms with Crippen molar-refractivity contribution in [2.24, 2.45) is 0 Å². The fourth-order valence-corrected chi connectivity index (χ4v) is 2.19. The highest BCUT2D eigenvalue weighted by Crippen LogP contribution is 2.24. The van der Waals surface area contributed by atoms with Gasteiger partial charge in [-0.1, -0.05) is 15.9 Å². The lowest BCUT2D eigenvalue weighted by molar-refractivity contribution is 0.967. The third-order valence-corrected chi connectivity index (χ3v) is 3.14. The summed E-state index contributed by atoms with van der Waals surface area (Å²) in [5, 5.41) is 0. The molecule has 0 bridgehead atoms. The van der Waals surface area contributed by atoms with Crippen LogP contribution in [0.5, 0.6) is 0 Å². The van der Waals surface area contributed by atoms with E-state index in [1.165, 1.54) is 12.1 Å². The molecule has 1 aliphatic heterocycles. The van der Waals surface area contributed by atoms with Gasteiger partial charge in [0.25, 0.3) is 0 Å². The summed E-state index contributed by atoms with van der Waals surface area (Å²) in [6.07, 6.45) is 1.23. The van der Waals surface area contributed by atoms with Crippen LogP contribution in [-0.4, -0.2) is 17.9 Å². The van der Waals surface area contributed by atoms with E-state index in [1.807, 2.05) is 12.1 Å². The Balaban J connectivity index is 2.13. The van der Waals surface area contributed by atoms with Crippen molar-refractivity contribution in [2.75, 3.05) is 23.7 Å². The quantitative estimate of drug-likeness (QED) is 0.603. The standard InChI is InChI=1S/C10H13BrN2/c11-8-5-6-13(7-8)10-3-1-9(12)2-4-10/h1-4,8H,5-7,12H2. The molecule has 1 saturated heterocycles. The zero-order valence-electron chi connectivity index (χ0n) is 7.41. The van der Waals surface area contributed by atoms with Crippen molar-refractivity contribution in [1.29, 1.82) is 0 Å². The molecule has 70 valence electrons. The summed E-state index contributed by atoms with van der Waals surface area (Å²) < 4.78 is 0. The molecule has 2 rings (SSSR count). The molecular formula is C10H13BrN2. The van der Waals surface area contributed by atoms with Gasteiger partial charge in [-0.3, -0.25) is 0 Å². The summed E-state index contributed by atoms with van der Waals surface area (Å²) in [5.74, 6) is 0. The predicted molar refractivity (Wildman–Crippen MR) is 60.4 cm³/mol. The lowest BCUT2D eigenvalue weighted by Crippen LogP contribution is -2.19. The van der Waals surface area contributed by atoms with E-state index in [0.717, 1.165) is 18.8 Å². The van der Waals surface area contributed by atoms with Crippen LogP contribution in [0.4, 0.5) is 11.4 Å². The number of nitrogens with zero attached hydrogens (tertiary/aromatic N) is 1. The normalized spacial score (nSPS) is 22.2. The molecule has 1 aromatic rings. The molecule has 1 aliphatic rings. The number of rotatable bonds is 1. The largest absolute Gasteiger partial charge is 0.399 e. The van der Waals surface area contributed by atoms with Gasteiger partial charge in [0.05, 0.1) is 0 Å². The summed E-state index contributed by atoms with van der Waals surface area (Å²) in [6.45, 7) is 2.24. The highest BCUT2D eigenvalue weighted by Gasteiger charge is 2.19. The van der Waals surface area contributed by atoms with E-state index in [9.17, 15) is 0 Å². The van der Waals surface area contributed by atoms with Crippen LogP contribution in [0.2, 0.25) is 0 Å². The van der Waals surface area contributed by atoms with E-state index in [0.29, 0.717) is 4.83 Å². The van der Waals surface area contributed by atoms with Crippen molar-refractivity contribution in [3.8, 4) is 0 Å². The number of nitrogens with two attached hydrogens (primary N) is 1. The highest BCUT2D eigenvalue weighted by atomic mass is 79.9. The molecule has 1 heterocycles. The van der Waals surface area contributed by atoms with Gasteiger partial charge in [-0.05, 0) is 30.7 Å². The second kappa shape index (κ2) is 3.58. The fraction of sp³-hybridized carbons (Fsp3) is 0.400. The van der Waals surface area contributed by atoms with Crippen LogP contribution in [0.3, 0.4) is 0 Å². The Morgan fingerprint density at radius 2 is 2.00 bits per heavy atom. The van der Waals surface area contributed by atoms with Crippen LogP contribution >= 0.6 is 15.9 Å². The van der Waals surface area contributed by atoms with Crippen molar-refractivity contribution in [1.82, 2.24) is 0 Å². The topological polar surface area (TPSA) is 29.3 Å². The third-order valence-electron chi connectivity index (χ3n) is 2.39. The molecule has 0 aromatic heterocycles. The number of nitrogen functional groups attached to an aromatic ring is 1. The minimum atomic E-state index is 0.644. The van der Waals surface area contributed by atoms with E-state index in [-0.39, 0.29) is 0 Å². The Hall–Kier alpha value is -0.700. The zero-order chi connectivity index (χ0) is 9.26. The monoisotopic (exact) mass is 240 g/mol. The number of alkyl halides is 1. The van der Waals surface area contributed by atoms with E-state index in [2.05, 4.69) is 33.0 Å². The first kappa shape index (κ1) is 8.88. The molecule has 2 nitrogen and oxygen atoms in total. The maximum Gasteiger partial charge on any atom is 0.0368 e. The average Bonchev–Trinajstić information content (AvgIpc) is 2.53. The van der Waals surface area contributed by atoms with Gasteiger partial charge in [-0.15, -0.1) is 0 Å². The van der Waals surface area contributed by atoms with Crippen LogP contribution in [0.1, 0.15) is 6.42 Å². The van der Waals surface area contributed by atoms with Gasteiger partial charge >= 0.3 is 0 Å². The van der Waals surface area contributed by atoms with Gasteiger partial charge in [-0.25, -0.2) is 0 Å². The number of anilines is 2. The summed E-state index contributed by atoms with van der Waals surface area (Å²) >= 11 is 3.62. The van der Waals surface area contributed by atoms with Gasteiger partial charge in [0, 0.05) is 29.3 Å². The average molecular weight is 241 g/mol. The molecule has 2 N–H and O–H groups in total. The molecule has 1 unspecified atom stereocenters. The summed E-state index contributed by atoms with van der Waals surface area (Å²) in [7, 11) is 0. The molecular weight excluding hydrogens is 228 g/mol. The van der Waals surface area contributed by atoms with Gasteiger partial charge in [-0.2, -0.15) is 0 Å². The Labute approximate surface area is 86.9 Å². The summed E-state index contributed by atoms with van der Waals surface area (Å²) in [5.41, 5.74) is 7.73. The van der Waals surface area contributed by atoms with E-state index in [1.54, 1.807) is 0 Å². The van der Waals surface area contributed by atoms with Crippen molar-refractivity contribution < 1.29 is 0 Å². The van der Waals surface area contributed by atoms with Crippen molar-refractivity contribution >= 4 is 27.3 Å². The van der Waals surface area contributed by atoms with Crippen LogP contribution in [0, 0.1) is 0 Å². The molecule has 0 amide bonds. The predicted octanol–water partition coefficient (Wildman–Crippen LogP) is 2.24. The molecule has 0 radical (unpaired) electrons. The van der Waals surface area contributed by atoms with Crippen LogP contribution in [0.15, 0.2) is 24.3 Å². The third kappa shape index (κ3) is 1.97. The van der Waals surface area contributed by atoms with Gasteiger partial charge in [0.2, 0.25) is 0 Å². The first-order chi connectivity index (χ1) is 6.25. The second-order valence-corrected chi connectivity index (χ2v) is 4.72. The van der Waals surface area contributed by atoms with Gasteiger partial charge in [0.1, 0.15) is 0 Å². The highest BCUT2D eigenvalue weighted by molar-refractivity contribution is 9.09. The number of benzene rings is 1. The van der Waals surface area contributed by atoms with Crippen LogP contribution in [-0.2, 0) is 0 Å². The molecule has 13 heavy (non-hydrogen) atoms. The van der Waals surface area contributed by atoms with Gasteiger partial charge < -0.3 is 10.6 Å². The van der Waals surface area contributed by atoms with Crippen molar-refractivity contribution in [3.05, 3.63) is 24.3 Å². The maximum atomic E-state index is 5.62. The summed E-state index contributed by atoms with van der Waals surface area (Å²) in [6, 6.07) is 8.08. The zero-order valence-corrected chi connectivity index (χ0v) is 9.00. The van der Waals surface area contributed by atoms with Gasteiger partial charge in [0.15, 0.2) is 0 Å². The van der Waals surface area contributed by atoms with Crippen LogP contribution in [0.25, 0.3) is 0 Å². The summed E-state index contributed by atoms with van der Waals surface area (Å²) in [4.78, 5) is 3.02. The lowest BCUT2D eigenvalue weighted by atomic mass is 10.2. The minimum absolute atomic E-state index is 0.644. The SMILES string of the molecule is Nc1ccc(N2CCC(Br)C2)cc1. The molecule has 0 spiro atoms. The molecule has 1 atom stereocenters. The molecule has 3 heteroatoms. The van der Waals surface area contributed by atoms with Crippen LogP contribution < -0.4 is 10.6 Å². The molecule has 1 aromatic carbocycles.